The zero-order valence-electron chi connectivity index (χ0n) is 9.14. The summed E-state index contributed by atoms with van der Waals surface area (Å²) in [5.41, 5.74) is 8.53. The van der Waals surface area contributed by atoms with E-state index in [9.17, 15) is 0 Å². The van der Waals surface area contributed by atoms with E-state index in [2.05, 4.69) is 15.3 Å². The third kappa shape index (κ3) is 2.35. The summed E-state index contributed by atoms with van der Waals surface area (Å²) in [7, 11) is 0. The van der Waals surface area contributed by atoms with Crippen LogP contribution in [0.15, 0.2) is 36.7 Å². The summed E-state index contributed by atoms with van der Waals surface area (Å²) in [6.45, 7) is 2.46. The maximum absolute atomic E-state index is 5.59. The molecular formula is C12H14N4. The van der Waals surface area contributed by atoms with Crippen molar-refractivity contribution in [2.24, 2.45) is 5.73 Å². The minimum absolute atomic E-state index is 0.537. The van der Waals surface area contributed by atoms with Crippen LogP contribution in [0.2, 0.25) is 0 Å². The molecular weight excluding hydrogens is 200 g/mol. The highest BCUT2D eigenvalue weighted by molar-refractivity contribution is 5.58. The molecule has 0 saturated carbocycles. The molecule has 0 aliphatic rings. The number of nitrogens with two attached hydrogens (primary N) is 1. The Bertz CT molecular complexity index is 482. The molecule has 0 amide bonds. The number of hydrogen-bond acceptors (Lipinski definition) is 4. The highest BCUT2D eigenvalue weighted by Crippen LogP contribution is 2.17. The first-order valence-corrected chi connectivity index (χ1v) is 5.13. The lowest BCUT2D eigenvalue weighted by Crippen LogP contribution is -2.00. The van der Waals surface area contributed by atoms with Gasteiger partial charge in [0.2, 0.25) is 0 Å². The van der Waals surface area contributed by atoms with Crippen LogP contribution in [0.5, 0.6) is 0 Å². The van der Waals surface area contributed by atoms with Crippen LogP contribution in [-0.2, 0) is 6.54 Å². The Morgan fingerprint density at radius 3 is 2.81 bits per heavy atom. The molecule has 82 valence electrons. The van der Waals surface area contributed by atoms with Crippen molar-refractivity contribution >= 4 is 11.5 Å². The number of nitrogens with zero attached hydrogens (tertiary/aromatic N) is 2. The zero-order chi connectivity index (χ0) is 11.4. The molecule has 4 nitrogen and oxygen atoms in total. The van der Waals surface area contributed by atoms with Crippen molar-refractivity contribution in [2.75, 3.05) is 5.32 Å². The molecule has 0 atom stereocenters. The second-order valence-electron chi connectivity index (χ2n) is 3.52. The minimum atomic E-state index is 0.537. The van der Waals surface area contributed by atoms with Crippen LogP contribution in [0, 0.1) is 6.92 Å². The Labute approximate surface area is 94.5 Å². The van der Waals surface area contributed by atoms with Gasteiger partial charge in [0.25, 0.3) is 0 Å². The number of aromatic nitrogens is 2. The number of rotatable bonds is 3. The molecule has 1 aromatic carbocycles. The largest absolute Gasteiger partial charge is 0.339 e. The molecule has 1 aromatic heterocycles. The lowest BCUT2D eigenvalue weighted by atomic mass is 10.2. The van der Waals surface area contributed by atoms with Gasteiger partial charge in [-0.1, -0.05) is 12.1 Å². The molecule has 16 heavy (non-hydrogen) atoms. The van der Waals surface area contributed by atoms with E-state index in [1.165, 1.54) is 0 Å². The van der Waals surface area contributed by atoms with Gasteiger partial charge in [-0.05, 0) is 24.6 Å². The smallest absolute Gasteiger partial charge is 0.151 e. The van der Waals surface area contributed by atoms with E-state index in [4.69, 9.17) is 5.73 Å². The fourth-order valence-electron chi connectivity index (χ4n) is 1.44. The predicted octanol–water partition coefficient (Wildman–Crippen LogP) is 1.99. The van der Waals surface area contributed by atoms with Crippen molar-refractivity contribution in [3.05, 3.63) is 47.9 Å². The molecule has 0 saturated heterocycles. The third-order valence-corrected chi connectivity index (χ3v) is 2.31. The summed E-state index contributed by atoms with van der Waals surface area (Å²) in [4.78, 5) is 8.39. The minimum Gasteiger partial charge on any atom is -0.339 e. The Morgan fingerprint density at radius 2 is 2.06 bits per heavy atom. The van der Waals surface area contributed by atoms with Crippen molar-refractivity contribution in [3.8, 4) is 0 Å². The Kier molecular flexibility index (Phi) is 3.12. The van der Waals surface area contributed by atoms with Gasteiger partial charge in [-0.25, -0.2) is 4.98 Å². The second-order valence-corrected chi connectivity index (χ2v) is 3.52. The summed E-state index contributed by atoms with van der Waals surface area (Å²) >= 11 is 0. The molecule has 0 unspecified atom stereocenters. The van der Waals surface area contributed by atoms with Crippen LogP contribution in [0.3, 0.4) is 0 Å². The van der Waals surface area contributed by atoms with Crippen LogP contribution < -0.4 is 11.1 Å². The summed E-state index contributed by atoms with van der Waals surface area (Å²) in [6, 6.07) is 7.95. The number of aryl methyl sites for hydroxylation is 1. The first kappa shape index (κ1) is 10.6. The zero-order valence-corrected chi connectivity index (χ0v) is 9.14. The lowest BCUT2D eigenvalue weighted by Gasteiger charge is -2.08. The molecule has 0 aliphatic heterocycles. The van der Waals surface area contributed by atoms with E-state index < -0.39 is 0 Å². The highest BCUT2D eigenvalue weighted by atomic mass is 15.0. The fraction of sp³-hybridized carbons (Fsp3) is 0.167. The van der Waals surface area contributed by atoms with Gasteiger partial charge in [0.05, 0.1) is 5.69 Å². The van der Waals surface area contributed by atoms with Crippen molar-refractivity contribution in [2.45, 2.75) is 13.5 Å². The molecule has 3 N–H and O–H groups in total. The standard InChI is InChI=1S/C12H14N4/c1-9-12(15-6-5-14-9)16-11-4-2-3-10(7-11)8-13/h2-7H,8,13H2,1H3,(H,15,16). The van der Waals surface area contributed by atoms with Crippen LogP contribution in [0.25, 0.3) is 0 Å². The lowest BCUT2D eigenvalue weighted by molar-refractivity contribution is 1.07. The molecule has 0 radical (unpaired) electrons. The average Bonchev–Trinajstić information content (AvgIpc) is 2.32. The first-order valence-electron chi connectivity index (χ1n) is 5.13. The highest BCUT2D eigenvalue weighted by Gasteiger charge is 2.00. The molecule has 2 rings (SSSR count). The predicted molar refractivity (Wildman–Crippen MR) is 64.4 cm³/mol. The van der Waals surface area contributed by atoms with E-state index in [-0.39, 0.29) is 0 Å². The van der Waals surface area contributed by atoms with Gasteiger partial charge < -0.3 is 11.1 Å². The average molecular weight is 214 g/mol. The summed E-state index contributed by atoms with van der Waals surface area (Å²) < 4.78 is 0. The number of benzene rings is 1. The topological polar surface area (TPSA) is 63.8 Å². The van der Waals surface area contributed by atoms with E-state index in [0.717, 1.165) is 22.8 Å². The monoisotopic (exact) mass is 214 g/mol. The van der Waals surface area contributed by atoms with Crippen molar-refractivity contribution in [1.29, 1.82) is 0 Å². The van der Waals surface area contributed by atoms with E-state index >= 15 is 0 Å². The molecule has 4 heteroatoms. The summed E-state index contributed by atoms with van der Waals surface area (Å²) in [5, 5.41) is 3.22. The van der Waals surface area contributed by atoms with E-state index in [1.54, 1.807) is 12.4 Å². The molecule has 0 fully saturated rings. The van der Waals surface area contributed by atoms with Gasteiger partial charge in [0, 0.05) is 24.6 Å². The summed E-state index contributed by atoms with van der Waals surface area (Å²) in [6.07, 6.45) is 3.35. The van der Waals surface area contributed by atoms with Gasteiger partial charge in [-0.15, -0.1) is 0 Å². The molecule has 0 bridgehead atoms. The van der Waals surface area contributed by atoms with Gasteiger partial charge in [-0.2, -0.15) is 0 Å². The van der Waals surface area contributed by atoms with Crippen LogP contribution >= 0.6 is 0 Å². The molecule has 2 aromatic rings. The number of anilines is 2. The van der Waals surface area contributed by atoms with Gasteiger partial charge in [0.15, 0.2) is 5.82 Å². The third-order valence-electron chi connectivity index (χ3n) is 2.31. The SMILES string of the molecule is Cc1nccnc1Nc1cccc(CN)c1. The normalized spacial score (nSPS) is 10.1. The molecule has 1 heterocycles. The number of nitrogens with one attached hydrogen (secondary N) is 1. The van der Waals surface area contributed by atoms with Crippen molar-refractivity contribution in [3.63, 3.8) is 0 Å². The van der Waals surface area contributed by atoms with Crippen LogP contribution in [-0.4, -0.2) is 9.97 Å². The number of hydrogen-bond donors (Lipinski definition) is 2. The van der Waals surface area contributed by atoms with Gasteiger partial charge >= 0.3 is 0 Å². The molecule has 0 spiro atoms. The van der Waals surface area contributed by atoms with Crippen molar-refractivity contribution < 1.29 is 0 Å². The van der Waals surface area contributed by atoms with E-state index in [0.29, 0.717) is 6.54 Å². The van der Waals surface area contributed by atoms with E-state index in [1.807, 2.05) is 31.2 Å². The van der Waals surface area contributed by atoms with Crippen LogP contribution in [0.4, 0.5) is 11.5 Å². The summed E-state index contributed by atoms with van der Waals surface area (Å²) in [5.74, 6) is 0.775. The fourth-order valence-corrected chi connectivity index (χ4v) is 1.44. The quantitative estimate of drug-likeness (QED) is 0.820. The van der Waals surface area contributed by atoms with Crippen molar-refractivity contribution in [1.82, 2.24) is 9.97 Å². The van der Waals surface area contributed by atoms with Gasteiger partial charge in [-0.3, -0.25) is 4.98 Å². The Morgan fingerprint density at radius 1 is 1.25 bits per heavy atom. The van der Waals surface area contributed by atoms with Crippen LogP contribution in [0.1, 0.15) is 11.3 Å². The Hall–Kier alpha value is -1.94. The maximum Gasteiger partial charge on any atom is 0.151 e. The Balaban J connectivity index is 2.24. The second kappa shape index (κ2) is 4.72. The van der Waals surface area contributed by atoms with Gasteiger partial charge in [0.1, 0.15) is 0 Å². The first-order chi connectivity index (χ1) is 7.79. The maximum atomic E-state index is 5.59. The molecule has 0 aliphatic carbocycles.